The van der Waals surface area contributed by atoms with E-state index in [1.54, 1.807) is 45.6 Å². The van der Waals surface area contributed by atoms with Crippen LogP contribution in [0.3, 0.4) is 0 Å². The quantitative estimate of drug-likeness (QED) is 0.784. The number of aldehydes is 1. The van der Waals surface area contributed by atoms with E-state index in [-0.39, 0.29) is 0 Å². The van der Waals surface area contributed by atoms with Crippen LogP contribution in [0.2, 0.25) is 0 Å². The maximum atomic E-state index is 10.7. The maximum Gasteiger partial charge on any atom is 0.150 e. The molecule has 0 bridgehead atoms. The van der Waals surface area contributed by atoms with Gasteiger partial charge < -0.3 is 14.2 Å². The van der Waals surface area contributed by atoms with E-state index in [9.17, 15) is 4.79 Å². The third-order valence-corrected chi connectivity index (χ3v) is 3.05. The molecule has 0 spiro atoms. The number of methoxy groups -OCH3 is 3. The minimum absolute atomic E-state index is 0.625. The lowest BCUT2D eigenvalue weighted by Crippen LogP contribution is -1.95. The van der Waals surface area contributed by atoms with Crippen molar-refractivity contribution in [1.82, 2.24) is 0 Å². The van der Waals surface area contributed by atoms with Crippen molar-refractivity contribution >= 4 is 6.29 Å². The minimum Gasteiger partial charge on any atom is -0.496 e. The Morgan fingerprint density at radius 3 is 1.80 bits per heavy atom. The third-order valence-electron chi connectivity index (χ3n) is 3.05. The molecule has 104 valence electrons. The van der Waals surface area contributed by atoms with Gasteiger partial charge in [0.25, 0.3) is 0 Å². The number of carbonyl (C=O) groups is 1. The molecule has 0 aliphatic heterocycles. The van der Waals surface area contributed by atoms with E-state index in [4.69, 9.17) is 14.2 Å². The molecule has 2 aromatic rings. The van der Waals surface area contributed by atoms with Crippen LogP contribution >= 0.6 is 0 Å². The average molecular weight is 272 g/mol. The van der Waals surface area contributed by atoms with E-state index in [0.29, 0.717) is 22.8 Å². The van der Waals surface area contributed by atoms with Gasteiger partial charge in [0.05, 0.1) is 26.9 Å². The second-order valence-corrected chi connectivity index (χ2v) is 4.15. The molecule has 0 aliphatic carbocycles. The number of hydrogen-bond donors (Lipinski definition) is 0. The zero-order chi connectivity index (χ0) is 14.5. The monoisotopic (exact) mass is 272 g/mol. The first-order valence-corrected chi connectivity index (χ1v) is 6.09. The van der Waals surface area contributed by atoms with Crippen LogP contribution < -0.4 is 14.2 Å². The Balaban J connectivity index is 2.60. The Morgan fingerprint density at radius 2 is 1.40 bits per heavy atom. The lowest BCUT2D eigenvalue weighted by Gasteiger charge is -2.15. The molecule has 0 aromatic heterocycles. The fourth-order valence-corrected chi connectivity index (χ4v) is 2.02. The highest BCUT2D eigenvalue weighted by Crippen LogP contribution is 2.41. The van der Waals surface area contributed by atoms with Gasteiger partial charge >= 0.3 is 0 Å². The molecule has 2 aromatic carbocycles. The molecule has 0 heterocycles. The molecule has 0 fully saturated rings. The first-order chi connectivity index (χ1) is 9.73. The first kappa shape index (κ1) is 13.9. The number of hydrogen-bond acceptors (Lipinski definition) is 4. The van der Waals surface area contributed by atoms with Crippen LogP contribution in [0, 0.1) is 0 Å². The highest BCUT2D eigenvalue weighted by Gasteiger charge is 2.15. The van der Waals surface area contributed by atoms with Crippen LogP contribution in [0.1, 0.15) is 10.4 Å². The Bertz CT molecular complexity index is 577. The van der Waals surface area contributed by atoms with Crippen LogP contribution in [0.15, 0.2) is 36.4 Å². The summed E-state index contributed by atoms with van der Waals surface area (Å²) in [5.74, 6) is 1.96. The summed E-state index contributed by atoms with van der Waals surface area (Å²) in [5, 5.41) is 0. The van der Waals surface area contributed by atoms with E-state index in [2.05, 4.69) is 0 Å². The summed E-state index contributed by atoms with van der Waals surface area (Å²) in [7, 11) is 4.78. The van der Waals surface area contributed by atoms with Gasteiger partial charge in [-0.15, -0.1) is 0 Å². The van der Waals surface area contributed by atoms with Gasteiger partial charge in [-0.3, -0.25) is 4.79 Å². The highest BCUT2D eigenvalue weighted by molar-refractivity contribution is 5.81. The smallest absolute Gasteiger partial charge is 0.150 e. The second kappa shape index (κ2) is 6.10. The van der Waals surface area contributed by atoms with Crippen molar-refractivity contribution in [3.63, 3.8) is 0 Å². The largest absolute Gasteiger partial charge is 0.496 e. The summed E-state index contributed by atoms with van der Waals surface area (Å²) in [6, 6.07) is 10.8. The Hall–Kier alpha value is -2.49. The van der Waals surface area contributed by atoms with Gasteiger partial charge in [0, 0.05) is 17.7 Å². The topological polar surface area (TPSA) is 44.8 Å². The molecule has 4 heteroatoms. The van der Waals surface area contributed by atoms with E-state index >= 15 is 0 Å². The van der Waals surface area contributed by atoms with Crippen LogP contribution in [0.4, 0.5) is 0 Å². The summed E-state index contributed by atoms with van der Waals surface area (Å²) in [6.07, 6.45) is 0.812. The van der Waals surface area contributed by atoms with Crippen molar-refractivity contribution in [2.45, 2.75) is 0 Å². The van der Waals surface area contributed by atoms with Crippen molar-refractivity contribution in [1.29, 1.82) is 0 Å². The molecule has 0 aliphatic rings. The average Bonchev–Trinajstić information content (AvgIpc) is 2.53. The molecular weight excluding hydrogens is 256 g/mol. The molecule has 4 nitrogen and oxygen atoms in total. The van der Waals surface area contributed by atoms with E-state index in [1.807, 2.05) is 12.1 Å². The molecule has 2 rings (SSSR count). The Kier molecular flexibility index (Phi) is 4.25. The van der Waals surface area contributed by atoms with Crippen molar-refractivity contribution in [3.8, 4) is 28.4 Å². The molecule has 0 radical (unpaired) electrons. The fraction of sp³-hybridized carbons (Fsp3) is 0.188. The molecule has 0 amide bonds. The summed E-state index contributed by atoms with van der Waals surface area (Å²) < 4.78 is 16.0. The molecular formula is C16H16O4. The van der Waals surface area contributed by atoms with Crippen LogP contribution in [-0.2, 0) is 0 Å². The number of benzene rings is 2. The molecule has 20 heavy (non-hydrogen) atoms. The van der Waals surface area contributed by atoms with Gasteiger partial charge in [0.1, 0.15) is 23.5 Å². The Morgan fingerprint density at radius 1 is 0.850 bits per heavy atom. The normalized spacial score (nSPS) is 9.95. The van der Waals surface area contributed by atoms with E-state index in [0.717, 1.165) is 17.4 Å². The lowest BCUT2D eigenvalue weighted by atomic mass is 10.0. The predicted molar refractivity (Wildman–Crippen MR) is 76.9 cm³/mol. The molecule has 0 saturated heterocycles. The van der Waals surface area contributed by atoms with E-state index < -0.39 is 0 Å². The van der Waals surface area contributed by atoms with Crippen molar-refractivity contribution in [2.24, 2.45) is 0 Å². The SMILES string of the molecule is COc1cc(OC)c(-c2ccc(C=O)cc2)c(OC)c1. The zero-order valence-corrected chi connectivity index (χ0v) is 11.7. The molecule has 0 saturated carbocycles. The number of rotatable bonds is 5. The zero-order valence-electron chi connectivity index (χ0n) is 11.7. The summed E-state index contributed by atoms with van der Waals surface area (Å²) in [6.45, 7) is 0. The van der Waals surface area contributed by atoms with Gasteiger partial charge in [-0.05, 0) is 5.56 Å². The highest BCUT2D eigenvalue weighted by atomic mass is 16.5. The number of carbonyl (C=O) groups excluding carboxylic acids is 1. The predicted octanol–water partition coefficient (Wildman–Crippen LogP) is 3.19. The van der Waals surface area contributed by atoms with Crippen LogP contribution in [-0.4, -0.2) is 27.6 Å². The van der Waals surface area contributed by atoms with Crippen LogP contribution in [0.25, 0.3) is 11.1 Å². The third kappa shape index (κ3) is 2.59. The van der Waals surface area contributed by atoms with E-state index in [1.165, 1.54) is 0 Å². The van der Waals surface area contributed by atoms with Gasteiger partial charge in [0.2, 0.25) is 0 Å². The minimum atomic E-state index is 0.625. The molecule has 0 unspecified atom stereocenters. The maximum absolute atomic E-state index is 10.7. The number of ether oxygens (including phenoxy) is 3. The van der Waals surface area contributed by atoms with Crippen molar-refractivity contribution < 1.29 is 19.0 Å². The van der Waals surface area contributed by atoms with Crippen molar-refractivity contribution in [3.05, 3.63) is 42.0 Å². The van der Waals surface area contributed by atoms with Gasteiger partial charge in [-0.25, -0.2) is 0 Å². The Labute approximate surface area is 117 Å². The summed E-state index contributed by atoms with van der Waals surface area (Å²) in [5.41, 5.74) is 2.36. The fourth-order valence-electron chi connectivity index (χ4n) is 2.02. The van der Waals surface area contributed by atoms with Gasteiger partial charge in [-0.2, -0.15) is 0 Å². The second-order valence-electron chi connectivity index (χ2n) is 4.15. The standard InChI is InChI=1S/C16H16O4/c1-18-13-8-14(19-2)16(15(9-13)20-3)12-6-4-11(10-17)5-7-12/h4-10H,1-3H3. The molecule has 0 atom stereocenters. The van der Waals surface area contributed by atoms with Gasteiger partial charge in [0.15, 0.2) is 0 Å². The lowest BCUT2D eigenvalue weighted by molar-refractivity contribution is 0.112. The van der Waals surface area contributed by atoms with Crippen LogP contribution in [0.5, 0.6) is 17.2 Å². The first-order valence-electron chi connectivity index (χ1n) is 6.09. The summed E-state index contributed by atoms with van der Waals surface area (Å²) in [4.78, 5) is 10.7. The molecule has 0 N–H and O–H groups in total. The summed E-state index contributed by atoms with van der Waals surface area (Å²) >= 11 is 0. The van der Waals surface area contributed by atoms with Gasteiger partial charge in [-0.1, -0.05) is 24.3 Å². The van der Waals surface area contributed by atoms with Crippen molar-refractivity contribution in [2.75, 3.05) is 21.3 Å².